The standard InChI is InChI=1S/C12H17.BrH.Mg/c1-2-3-4-6-9-12-10-7-5-8-11-12;;/h7-8,10-11H,2-4,6,9H2,1H3;1H;/q;;+1/p-1. The van der Waals surface area contributed by atoms with Gasteiger partial charge < -0.3 is 0 Å². The topological polar surface area (TPSA) is 0 Å². The van der Waals surface area contributed by atoms with Gasteiger partial charge >= 0.3 is 18.2 Å². The second-order valence-electron chi connectivity index (χ2n) is 3.76. The first-order valence-electron chi connectivity index (χ1n) is 5.50. The lowest BCUT2D eigenvalue weighted by Gasteiger charge is -2.02. The van der Waals surface area contributed by atoms with Crippen LogP contribution in [0.25, 0.3) is 0 Å². The van der Waals surface area contributed by atoms with Crippen molar-refractivity contribution in [2.24, 2.45) is 0 Å². The number of halogens is 1. The molecule has 1 aromatic carbocycles. The summed E-state index contributed by atoms with van der Waals surface area (Å²) < 4.78 is 1.50. The van der Waals surface area contributed by atoms with Crippen molar-refractivity contribution in [2.45, 2.75) is 39.0 Å². The average molecular weight is 265 g/mol. The molecule has 74 valence electrons. The van der Waals surface area contributed by atoms with Crippen LogP contribution >= 0.6 is 12.9 Å². The molecule has 0 heterocycles. The Hall–Kier alpha value is 0.466. The van der Waals surface area contributed by atoms with E-state index in [1.807, 2.05) is 0 Å². The smallest absolute Gasteiger partial charge is 0.296 e. The van der Waals surface area contributed by atoms with Crippen LogP contribution in [0.4, 0.5) is 0 Å². The highest BCUT2D eigenvalue weighted by Crippen LogP contribution is 2.06. The van der Waals surface area contributed by atoms with Crippen LogP contribution in [0.2, 0.25) is 0 Å². The van der Waals surface area contributed by atoms with E-state index < -0.39 is 0 Å². The third-order valence-corrected chi connectivity index (χ3v) is 5.22. The Labute approximate surface area is 103 Å². The molecule has 0 radical (unpaired) electrons. The van der Waals surface area contributed by atoms with E-state index in [-0.39, 0.29) is 18.2 Å². The average Bonchev–Trinajstić information content (AvgIpc) is 2.25. The van der Waals surface area contributed by atoms with E-state index in [1.165, 1.54) is 41.4 Å². The molecule has 0 aliphatic rings. The molecule has 2 heteroatoms. The molecule has 0 spiro atoms. The fourth-order valence-corrected chi connectivity index (χ4v) is 3.09. The molecule has 0 amide bonds. The number of hydrogen-bond acceptors (Lipinski definition) is 0. The van der Waals surface area contributed by atoms with Crippen LogP contribution in [0.5, 0.6) is 0 Å². The van der Waals surface area contributed by atoms with E-state index in [4.69, 9.17) is 0 Å². The Morgan fingerprint density at radius 2 is 1.79 bits per heavy atom. The van der Waals surface area contributed by atoms with Gasteiger partial charge in [0.05, 0.1) is 0 Å². The summed E-state index contributed by atoms with van der Waals surface area (Å²) in [7, 11) is 0. The molecule has 0 atom stereocenters. The largest absolute Gasteiger partial charge is 0.506 e. The van der Waals surface area contributed by atoms with Gasteiger partial charge in [-0.1, -0.05) is 50.5 Å². The van der Waals surface area contributed by atoms with Crippen LogP contribution in [-0.4, -0.2) is 18.2 Å². The predicted molar refractivity (Wildman–Crippen MR) is 68.6 cm³/mol. The van der Waals surface area contributed by atoms with Gasteiger partial charge in [0.1, 0.15) is 0 Å². The summed E-state index contributed by atoms with van der Waals surface area (Å²) in [5.74, 6) is 0. The van der Waals surface area contributed by atoms with Gasteiger partial charge in [-0.3, -0.25) is 12.9 Å². The zero-order valence-electron chi connectivity index (χ0n) is 8.93. The molecular formula is C12H17BrMg. The number of aryl methyl sites for hydroxylation is 1. The number of rotatable bonds is 6. The number of benzene rings is 1. The Kier molecular flexibility index (Phi) is 6.91. The van der Waals surface area contributed by atoms with E-state index in [9.17, 15) is 0 Å². The summed E-state index contributed by atoms with van der Waals surface area (Å²) in [6.07, 6.45) is 6.69. The van der Waals surface area contributed by atoms with Crippen molar-refractivity contribution in [2.75, 3.05) is 0 Å². The second kappa shape index (κ2) is 7.72. The van der Waals surface area contributed by atoms with Crippen LogP contribution in [-0.2, 0) is 6.42 Å². The van der Waals surface area contributed by atoms with Gasteiger partial charge in [0.15, 0.2) is 0 Å². The molecule has 0 aliphatic carbocycles. The maximum absolute atomic E-state index is 3.59. The van der Waals surface area contributed by atoms with Crippen molar-refractivity contribution in [3.05, 3.63) is 29.8 Å². The van der Waals surface area contributed by atoms with E-state index in [2.05, 4.69) is 44.1 Å². The third kappa shape index (κ3) is 4.81. The van der Waals surface area contributed by atoms with Crippen molar-refractivity contribution in [1.29, 1.82) is 0 Å². The van der Waals surface area contributed by atoms with Gasteiger partial charge in [0.25, 0.3) is 0 Å². The van der Waals surface area contributed by atoms with Gasteiger partial charge in [0.2, 0.25) is 0 Å². The van der Waals surface area contributed by atoms with Crippen molar-refractivity contribution in [3.8, 4) is 0 Å². The number of hydrogen-bond donors (Lipinski definition) is 0. The van der Waals surface area contributed by atoms with E-state index in [1.54, 1.807) is 0 Å². The summed E-state index contributed by atoms with van der Waals surface area (Å²) in [5.41, 5.74) is 1.50. The van der Waals surface area contributed by atoms with Gasteiger partial charge in [-0.2, -0.15) is 3.69 Å². The molecule has 0 fully saturated rings. The van der Waals surface area contributed by atoms with Crippen molar-refractivity contribution < 1.29 is 0 Å². The lowest BCUT2D eigenvalue weighted by Crippen LogP contribution is -2.06. The Morgan fingerprint density at radius 1 is 1.07 bits per heavy atom. The maximum atomic E-state index is 3.59. The third-order valence-electron chi connectivity index (χ3n) is 2.50. The molecule has 0 aliphatic heterocycles. The fourth-order valence-electron chi connectivity index (χ4n) is 1.55. The van der Waals surface area contributed by atoms with Gasteiger partial charge in [0, 0.05) is 0 Å². The van der Waals surface area contributed by atoms with Crippen molar-refractivity contribution in [3.63, 3.8) is 0 Å². The second-order valence-corrected chi connectivity index (χ2v) is 6.53. The molecule has 1 aromatic rings. The summed E-state index contributed by atoms with van der Waals surface area (Å²) in [6.45, 7) is 2.26. The first-order valence-corrected chi connectivity index (χ1v) is 10.1. The van der Waals surface area contributed by atoms with Crippen LogP contribution in [0.3, 0.4) is 0 Å². The zero-order valence-corrected chi connectivity index (χ0v) is 11.9. The minimum Gasteiger partial charge on any atom is -0.296 e. The molecule has 0 saturated carbocycles. The Bertz CT molecular complexity index is 243. The zero-order chi connectivity index (χ0) is 10.2. The van der Waals surface area contributed by atoms with E-state index in [0.29, 0.717) is 0 Å². The first kappa shape index (κ1) is 12.5. The highest BCUT2D eigenvalue weighted by Gasteiger charge is 1.96. The van der Waals surface area contributed by atoms with Crippen LogP contribution in [0.1, 0.15) is 38.2 Å². The van der Waals surface area contributed by atoms with Crippen LogP contribution in [0, 0.1) is 0 Å². The molecule has 0 bridgehead atoms. The monoisotopic (exact) mass is 264 g/mol. The highest BCUT2D eigenvalue weighted by atomic mass is 79.9. The van der Waals surface area contributed by atoms with Gasteiger partial charge in [-0.15, -0.1) is 0 Å². The van der Waals surface area contributed by atoms with Gasteiger partial charge in [-0.25, -0.2) is 0 Å². The molecule has 14 heavy (non-hydrogen) atoms. The minimum atomic E-state index is -0.139. The normalized spacial score (nSPS) is 9.86. The predicted octanol–water partition coefficient (Wildman–Crippen LogP) is 3.45. The fraction of sp³-hybridized carbons (Fsp3) is 0.500. The highest BCUT2D eigenvalue weighted by molar-refractivity contribution is 9.23. The molecule has 0 nitrogen and oxygen atoms in total. The van der Waals surface area contributed by atoms with Crippen molar-refractivity contribution in [1.82, 2.24) is 0 Å². The summed E-state index contributed by atoms with van der Waals surface area (Å²) in [5, 5.41) is 0. The lowest BCUT2D eigenvalue weighted by molar-refractivity contribution is 0.667. The summed E-state index contributed by atoms with van der Waals surface area (Å²) >= 11 is 3.45. The quantitative estimate of drug-likeness (QED) is 0.546. The molecule has 0 unspecified atom stereocenters. The molecule has 0 N–H and O–H groups in total. The molecular weight excluding hydrogens is 248 g/mol. The molecule has 0 saturated heterocycles. The van der Waals surface area contributed by atoms with Crippen LogP contribution < -0.4 is 3.69 Å². The number of unbranched alkanes of at least 4 members (excludes halogenated alkanes) is 3. The van der Waals surface area contributed by atoms with Crippen LogP contribution in [0.15, 0.2) is 24.3 Å². The molecule has 1 rings (SSSR count). The van der Waals surface area contributed by atoms with Crippen molar-refractivity contribution >= 4 is 34.8 Å². The molecule has 0 aromatic heterocycles. The lowest BCUT2D eigenvalue weighted by atomic mass is 10.1. The van der Waals surface area contributed by atoms with Gasteiger partial charge in [-0.05, 0) is 18.4 Å². The van der Waals surface area contributed by atoms with E-state index in [0.717, 1.165) is 0 Å². The van der Waals surface area contributed by atoms with E-state index >= 15 is 0 Å². The first-order chi connectivity index (χ1) is 6.86. The Morgan fingerprint density at radius 3 is 2.36 bits per heavy atom. The minimum absolute atomic E-state index is 0.139. The summed E-state index contributed by atoms with van der Waals surface area (Å²) in [4.78, 5) is 0. The maximum Gasteiger partial charge on any atom is 0.506 e. The SMILES string of the molecule is CCCCCCc1cc[c]([Mg][Br])cc1. The Balaban J connectivity index is 2.29. The summed E-state index contributed by atoms with van der Waals surface area (Å²) in [6, 6.07) is 9.12.